The van der Waals surface area contributed by atoms with E-state index in [0.29, 0.717) is 40.2 Å². The predicted octanol–water partition coefficient (Wildman–Crippen LogP) is 3.12. The topological polar surface area (TPSA) is 81.1 Å². The maximum absolute atomic E-state index is 12.4. The normalized spacial score (nSPS) is 19.0. The summed E-state index contributed by atoms with van der Waals surface area (Å²) in [7, 11) is -3.08. The van der Waals surface area contributed by atoms with Crippen molar-refractivity contribution in [3.05, 3.63) is 41.6 Å². The van der Waals surface area contributed by atoms with Crippen LogP contribution in [0.4, 0.5) is 14.6 Å². The summed E-state index contributed by atoms with van der Waals surface area (Å²) in [5.41, 5.74) is 0.973. The van der Waals surface area contributed by atoms with Gasteiger partial charge < -0.3 is 5.32 Å². The fourth-order valence-corrected chi connectivity index (χ4v) is 5.02. The molecule has 0 unspecified atom stereocenters. The van der Waals surface area contributed by atoms with E-state index in [9.17, 15) is 22.0 Å². The number of rotatable bonds is 5. The van der Waals surface area contributed by atoms with Gasteiger partial charge in [-0.15, -0.1) is 0 Å². The van der Waals surface area contributed by atoms with Crippen molar-refractivity contribution in [2.45, 2.75) is 30.0 Å². The van der Waals surface area contributed by atoms with Gasteiger partial charge in [0.1, 0.15) is 5.82 Å². The van der Waals surface area contributed by atoms with Crippen LogP contribution in [0.15, 0.2) is 35.2 Å². The molecule has 6 nitrogen and oxygen atoms in total. The molecule has 1 fully saturated rings. The first-order valence-corrected chi connectivity index (χ1v) is 10.6. The lowest BCUT2D eigenvalue weighted by atomic mass is 10.2. The minimum absolute atomic E-state index is 0.00343. The lowest BCUT2D eigenvalue weighted by Crippen LogP contribution is -2.19. The van der Waals surface area contributed by atoms with Crippen LogP contribution in [-0.4, -0.2) is 41.4 Å². The molecule has 2 aromatic rings. The molecule has 1 N–H and O–H groups in total. The van der Waals surface area contributed by atoms with E-state index in [1.54, 1.807) is 17.7 Å². The van der Waals surface area contributed by atoms with Crippen LogP contribution in [0.5, 0.6) is 0 Å². The molecular weight excluding hydrogens is 384 g/mol. The Balaban J connectivity index is 1.76. The van der Waals surface area contributed by atoms with Crippen LogP contribution in [0.3, 0.4) is 0 Å². The summed E-state index contributed by atoms with van der Waals surface area (Å²) < 4.78 is 49.6. The Hall–Kier alpha value is -1.94. The number of hydrogen-bond donors (Lipinski definition) is 1. The van der Waals surface area contributed by atoms with Crippen LogP contribution in [-0.2, 0) is 9.84 Å². The van der Waals surface area contributed by atoms with Gasteiger partial charge >= 0.3 is 0 Å². The number of aromatic nitrogens is 2. The second-order valence-corrected chi connectivity index (χ2v) is 9.32. The first-order chi connectivity index (χ1) is 12.2. The molecule has 0 bridgehead atoms. The van der Waals surface area contributed by atoms with Gasteiger partial charge in [0.2, 0.25) is 0 Å². The highest BCUT2D eigenvalue weighted by Gasteiger charge is 2.31. The third kappa shape index (κ3) is 4.42. The maximum atomic E-state index is 12.4. The smallest absolute Gasteiger partial charge is 0.288 e. The van der Waals surface area contributed by atoms with Crippen LogP contribution in [0.1, 0.15) is 28.5 Å². The van der Waals surface area contributed by atoms with Crippen LogP contribution in [0.25, 0.3) is 0 Å². The summed E-state index contributed by atoms with van der Waals surface area (Å²) >= 11 is 0.409. The zero-order valence-electron chi connectivity index (χ0n) is 13.9. The largest absolute Gasteiger partial charge is 0.307 e. The van der Waals surface area contributed by atoms with Gasteiger partial charge in [0.05, 0.1) is 23.2 Å². The molecule has 0 saturated carbocycles. The number of carbonyl (C=O) groups is 1. The minimum atomic E-state index is -3.08. The highest BCUT2D eigenvalue weighted by atomic mass is 32.2. The molecule has 10 heteroatoms. The molecule has 1 aromatic carbocycles. The van der Waals surface area contributed by atoms with Gasteiger partial charge in [0, 0.05) is 16.5 Å². The molecule has 1 aliphatic rings. The fourth-order valence-electron chi connectivity index (χ4n) is 2.83. The molecular formula is C16H17F2N3O3S2. The Morgan fingerprint density at radius 3 is 2.62 bits per heavy atom. The Morgan fingerprint density at radius 1 is 1.35 bits per heavy atom. The zero-order chi connectivity index (χ0) is 18.9. The van der Waals surface area contributed by atoms with Gasteiger partial charge in [-0.25, -0.2) is 13.1 Å². The summed E-state index contributed by atoms with van der Waals surface area (Å²) in [6, 6.07) is 7.20. The third-order valence-corrected chi connectivity index (χ3v) is 6.47. The van der Waals surface area contributed by atoms with Crippen LogP contribution < -0.4 is 5.32 Å². The van der Waals surface area contributed by atoms with Gasteiger partial charge in [-0.2, -0.15) is 13.9 Å². The van der Waals surface area contributed by atoms with Crippen molar-refractivity contribution in [1.82, 2.24) is 9.78 Å². The summed E-state index contributed by atoms with van der Waals surface area (Å²) in [6.45, 7) is 1.76. The summed E-state index contributed by atoms with van der Waals surface area (Å²) in [6.07, 6.45) is 0.450. The van der Waals surface area contributed by atoms with Crippen molar-refractivity contribution in [2.75, 3.05) is 16.8 Å². The maximum Gasteiger partial charge on any atom is 0.288 e. The van der Waals surface area contributed by atoms with E-state index < -0.39 is 21.5 Å². The SMILES string of the molecule is Cc1cc(NC(=O)c2ccc(SC(F)F)cc2)n([C@H]2CCS(=O)(=O)C2)n1. The number of nitrogens with zero attached hydrogens (tertiary/aromatic N) is 2. The number of amides is 1. The van der Waals surface area contributed by atoms with Crippen molar-refractivity contribution < 1.29 is 22.0 Å². The lowest BCUT2D eigenvalue weighted by Gasteiger charge is -2.14. The molecule has 0 aliphatic carbocycles. The summed E-state index contributed by atoms with van der Waals surface area (Å²) in [5.74, 6) is -2.42. The van der Waals surface area contributed by atoms with Gasteiger partial charge in [0.15, 0.2) is 9.84 Å². The van der Waals surface area contributed by atoms with E-state index in [1.807, 2.05) is 0 Å². The van der Waals surface area contributed by atoms with Crippen LogP contribution >= 0.6 is 11.8 Å². The number of halogens is 2. The quantitative estimate of drug-likeness (QED) is 0.779. The van der Waals surface area contributed by atoms with Crippen molar-refractivity contribution in [1.29, 1.82) is 0 Å². The zero-order valence-corrected chi connectivity index (χ0v) is 15.5. The van der Waals surface area contributed by atoms with Gasteiger partial charge in [0.25, 0.3) is 11.7 Å². The van der Waals surface area contributed by atoms with E-state index in [2.05, 4.69) is 10.4 Å². The Morgan fingerprint density at radius 2 is 2.04 bits per heavy atom. The third-order valence-electron chi connectivity index (χ3n) is 4.00. The van der Waals surface area contributed by atoms with E-state index >= 15 is 0 Å². The predicted molar refractivity (Wildman–Crippen MR) is 95.5 cm³/mol. The molecule has 0 radical (unpaired) electrons. The first-order valence-electron chi connectivity index (χ1n) is 7.86. The average Bonchev–Trinajstić information content (AvgIpc) is 3.09. The summed E-state index contributed by atoms with van der Waals surface area (Å²) in [5, 5.41) is 7.03. The van der Waals surface area contributed by atoms with E-state index in [4.69, 9.17) is 0 Å². The van der Waals surface area contributed by atoms with E-state index in [1.165, 1.54) is 24.3 Å². The highest BCUT2D eigenvalue weighted by molar-refractivity contribution is 7.99. The number of thioether (sulfide) groups is 1. The summed E-state index contributed by atoms with van der Waals surface area (Å²) in [4.78, 5) is 12.8. The number of alkyl halides is 2. The molecule has 1 aromatic heterocycles. The van der Waals surface area contributed by atoms with E-state index in [0.717, 1.165) is 0 Å². The molecule has 1 saturated heterocycles. The molecule has 0 spiro atoms. The van der Waals surface area contributed by atoms with Gasteiger partial charge in [-0.1, -0.05) is 11.8 Å². The molecule has 140 valence electrons. The monoisotopic (exact) mass is 401 g/mol. The Kier molecular flexibility index (Phi) is 5.33. The van der Waals surface area contributed by atoms with Crippen LogP contribution in [0.2, 0.25) is 0 Å². The number of benzene rings is 1. The van der Waals surface area contributed by atoms with Crippen molar-refractivity contribution in [3.8, 4) is 0 Å². The molecule has 3 rings (SSSR count). The molecule has 2 heterocycles. The minimum Gasteiger partial charge on any atom is -0.307 e. The van der Waals surface area contributed by atoms with Crippen molar-refractivity contribution >= 4 is 33.3 Å². The number of hydrogen-bond acceptors (Lipinski definition) is 5. The lowest BCUT2D eigenvalue weighted by molar-refractivity contribution is 0.102. The van der Waals surface area contributed by atoms with Crippen molar-refractivity contribution in [3.63, 3.8) is 0 Å². The standard InChI is InChI=1S/C16H17F2N3O3S2/c1-10-8-14(21(20-10)12-6-7-26(23,24)9-12)19-15(22)11-2-4-13(5-3-11)25-16(17)18/h2-5,8,12,16H,6-7,9H2,1H3,(H,19,22)/t12-/m0/s1. The number of aryl methyl sites for hydroxylation is 1. The molecule has 1 aliphatic heterocycles. The van der Waals surface area contributed by atoms with E-state index in [-0.39, 0.29) is 17.5 Å². The Bertz CT molecular complexity index is 911. The van der Waals surface area contributed by atoms with Crippen molar-refractivity contribution in [2.24, 2.45) is 0 Å². The molecule has 26 heavy (non-hydrogen) atoms. The number of anilines is 1. The van der Waals surface area contributed by atoms with Crippen LogP contribution in [0, 0.1) is 6.92 Å². The number of carbonyl (C=O) groups excluding carboxylic acids is 1. The molecule has 1 atom stereocenters. The first kappa shape index (κ1) is 18.8. The average molecular weight is 401 g/mol. The van der Waals surface area contributed by atoms with Gasteiger partial charge in [-0.05, 0) is 37.6 Å². The fraction of sp³-hybridized carbons (Fsp3) is 0.375. The number of nitrogens with one attached hydrogen (secondary N) is 1. The Labute approximate surface area is 153 Å². The molecule has 1 amide bonds. The second-order valence-electron chi connectivity index (χ2n) is 6.03. The number of sulfone groups is 1. The second kappa shape index (κ2) is 7.36. The highest BCUT2D eigenvalue weighted by Crippen LogP contribution is 2.28. The van der Waals surface area contributed by atoms with Gasteiger partial charge in [-0.3, -0.25) is 4.79 Å².